The Morgan fingerprint density at radius 2 is 2.25 bits per heavy atom. The minimum atomic E-state index is 0.475. The van der Waals surface area contributed by atoms with Gasteiger partial charge in [0.25, 0.3) is 0 Å². The van der Waals surface area contributed by atoms with Crippen LogP contribution in [0.1, 0.15) is 39.5 Å². The fraction of sp³-hybridized carbons (Fsp3) is 1.00. The first kappa shape index (κ1) is 10.3. The predicted molar refractivity (Wildman–Crippen MR) is 52.7 cm³/mol. The summed E-state index contributed by atoms with van der Waals surface area (Å²) in [6.45, 7) is 4.35. The van der Waals surface area contributed by atoms with Crippen molar-refractivity contribution in [3.05, 3.63) is 0 Å². The maximum atomic E-state index is 5.83. The van der Waals surface area contributed by atoms with Gasteiger partial charge in [0.2, 0.25) is 0 Å². The van der Waals surface area contributed by atoms with Crippen molar-refractivity contribution in [2.45, 2.75) is 51.7 Å². The van der Waals surface area contributed by atoms with Gasteiger partial charge in [0.1, 0.15) is 0 Å². The first-order valence-electron chi connectivity index (χ1n) is 4.97. The van der Waals surface area contributed by atoms with Crippen LogP contribution in [0.2, 0.25) is 0 Å². The van der Waals surface area contributed by atoms with E-state index in [0.717, 1.165) is 12.3 Å². The molecule has 1 nitrogen and oxygen atoms in total. The molecule has 0 radical (unpaired) electrons. The largest absolute Gasteiger partial charge is 0.375 e. The molecule has 0 saturated carbocycles. The molecule has 1 saturated heterocycles. The first-order chi connectivity index (χ1) is 5.76. The van der Waals surface area contributed by atoms with Crippen LogP contribution in [0.5, 0.6) is 0 Å². The Kier molecular flexibility index (Phi) is 4.38. The SMILES string of the molecule is CCC(CCl)CC1CCC(C)O1. The van der Waals surface area contributed by atoms with Crippen LogP contribution in [-0.2, 0) is 4.74 Å². The summed E-state index contributed by atoms with van der Waals surface area (Å²) in [5.41, 5.74) is 0. The molecule has 0 bridgehead atoms. The molecule has 0 spiro atoms. The minimum absolute atomic E-state index is 0.475. The lowest BCUT2D eigenvalue weighted by Gasteiger charge is -2.16. The fourth-order valence-electron chi connectivity index (χ4n) is 1.77. The second-order valence-corrected chi connectivity index (χ2v) is 4.12. The summed E-state index contributed by atoms with van der Waals surface area (Å²) in [7, 11) is 0. The molecule has 12 heavy (non-hydrogen) atoms. The molecule has 72 valence electrons. The van der Waals surface area contributed by atoms with E-state index in [0.29, 0.717) is 18.1 Å². The van der Waals surface area contributed by atoms with Crippen molar-refractivity contribution in [2.24, 2.45) is 5.92 Å². The monoisotopic (exact) mass is 190 g/mol. The Morgan fingerprint density at radius 3 is 2.67 bits per heavy atom. The van der Waals surface area contributed by atoms with Crippen molar-refractivity contribution in [3.63, 3.8) is 0 Å². The zero-order valence-corrected chi connectivity index (χ0v) is 8.81. The van der Waals surface area contributed by atoms with Gasteiger partial charge in [0, 0.05) is 5.88 Å². The van der Waals surface area contributed by atoms with Crippen molar-refractivity contribution < 1.29 is 4.74 Å². The van der Waals surface area contributed by atoms with Crippen LogP contribution in [0.4, 0.5) is 0 Å². The summed E-state index contributed by atoms with van der Waals surface area (Å²) in [6.07, 6.45) is 5.76. The van der Waals surface area contributed by atoms with Gasteiger partial charge in [0.15, 0.2) is 0 Å². The molecule has 1 rings (SSSR count). The lowest BCUT2D eigenvalue weighted by Crippen LogP contribution is -2.14. The molecular formula is C10H19ClO. The van der Waals surface area contributed by atoms with E-state index in [9.17, 15) is 0 Å². The number of halogens is 1. The van der Waals surface area contributed by atoms with Gasteiger partial charge in [0.05, 0.1) is 12.2 Å². The van der Waals surface area contributed by atoms with E-state index in [1.165, 1.54) is 19.3 Å². The summed E-state index contributed by atoms with van der Waals surface area (Å²) in [5, 5.41) is 0. The van der Waals surface area contributed by atoms with Gasteiger partial charge in [-0.3, -0.25) is 0 Å². The summed E-state index contributed by atoms with van der Waals surface area (Å²) in [6, 6.07) is 0. The van der Waals surface area contributed by atoms with Crippen molar-refractivity contribution in [3.8, 4) is 0 Å². The standard InChI is InChI=1S/C10H19ClO/c1-3-9(7-11)6-10-5-4-8(2)12-10/h8-10H,3-7H2,1-2H3. The van der Waals surface area contributed by atoms with Crippen LogP contribution >= 0.6 is 11.6 Å². The van der Waals surface area contributed by atoms with Gasteiger partial charge in [-0.25, -0.2) is 0 Å². The third kappa shape index (κ3) is 2.95. The number of ether oxygens (including phenoxy) is 1. The quantitative estimate of drug-likeness (QED) is 0.619. The van der Waals surface area contributed by atoms with Crippen LogP contribution < -0.4 is 0 Å². The van der Waals surface area contributed by atoms with Gasteiger partial charge in [-0.1, -0.05) is 13.3 Å². The predicted octanol–water partition coefficient (Wildman–Crippen LogP) is 3.21. The van der Waals surface area contributed by atoms with E-state index in [2.05, 4.69) is 13.8 Å². The highest BCUT2D eigenvalue weighted by atomic mass is 35.5. The minimum Gasteiger partial charge on any atom is -0.375 e. The third-order valence-electron chi connectivity index (χ3n) is 2.71. The van der Waals surface area contributed by atoms with E-state index < -0.39 is 0 Å². The van der Waals surface area contributed by atoms with E-state index in [1.807, 2.05) is 0 Å². The highest BCUT2D eigenvalue weighted by Crippen LogP contribution is 2.26. The normalized spacial score (nSPS) is 32.2. The smallest absolute Gasteiger partial charge is 0.0582 e. The second kappa shape index (κ2) is 5.08. The average molecular weight is 191 g/mol. The maximum absolute atomic E-state index is 5.83. The molecule has 0 amide bonds. The lowest BCUT2D eigenvalue weighted by atomic mass is 9.99. The van der Waals surface area contributed by atoms with Crippen molar-refractivity contribution in [2.75, 3.05) is 5.88 Å². The van der Waals surface area contributed by atoms with Crippen LogP contribution in [0.25, 0.3) is 0 Å². The lowest BCUT2D eigenvalue weighted by molar-refractivity contribution is 0.0423. The molecule has 0 aromatic carbocycles. The third-order valence-corrected chi connectivity index (χ3v) is 3.15. The van der Waals surface area contributed by atoms with Crippen LogP contribution in [0.15, 0.2) is 0 Å². The number of alkyl halides is 1. The first-order valence-corrected chi connectivity index (χ1v) is 5.51. The van der Waals surface area contributed by atoms with Crippen molar-refractivity contribution >= 4 is 11.6 Å². The Labute approximate surface area is 80.4 Å². The van der Waals surface area contributed by atoms with Gasteiger partial charge in [-0.15, -0.1) is 11.6 Å². The summed E-state index contributed by atoms with van der Waals surface area (Å²) < 4.78 is 5.74. The molecule has 0 aromatic heterocycles. The van der Waals surface area contributed by atoms with Crippen LogP contribution in [0.3, 0.4) is 0 Å². The zero-order chi connectivity index (χ0) is 8.97. The Balaban J connectivity index is 2.21. The fourth-order valence-corrected chi connectivity index (χ4v) is 2.11. The number of rotatable bonds is 4. The molecule has 1 aliphatic rings. The van der Waals surface area contributed by atoms with Gasteiger partial charge < -0.3 is 4.74 Å². The molecule has 3 unspecified atom stereocenters. The average Bonchev–Trinajstić information content (AvgIpc) is 2.47. The topological polar surface area (TPSA) is 9.23 Å². The molecule has 2 heteroatoms. The highest BCUT2D eigenvalue weighted by Gasteiger charge is 2.23. The molecule has 0 aromatic rings. The molecule has 3 atom stereocenters. The molecule has 0 aliphatic carbocycles. The van der Waals surface area contributed by atoms with Crippen molar-refractivity contribution in [1.82, 2.24) is 0 Å². The number of hydrogen-bond acceptors (Lipinski definition) is 1. The number of hydrogen-bond donors (Lipinski definition) is 0. The zero-order valence-electron chi connectivity index (χ0n) is 8.05. The van der Waals surface area contributed by atoms with Gasteiger partial charge in [-0.2, -0.15) is 0 Å². The Morgan fingerprint density at radius 1 is 1.50 bits per heavy atom. The molecule has 1 heterocycles. The summed E-state index contributed by atoms with van der Waals surface area (Å²) in [4.78, 5) is 0. The van der Waals surface area contributed by atoms with E-state index in [1.54, 1.807) is 0 Å². The molecule has 1 aliphatic heterocycles. The van der Waals surface area contributed by atoms with Gasteiger partial charge in [-0.05, 0) is 32.1 Å². The summed E-state index contributed by atoms with van der Waals surface area (Å²) in [5.74, 6) is 1.44. The molecule has 0 N–H and O–H groups in total. The van der Waals surface area contributed by atoms with Crippen molar-refractivity contribution in [1.29, 1.82) is 0 Å². The van der Waals surface area contributed by atoms with E-state index in [-0.39, 0.29) is 0 Å². The van der Waals surface area contributed by atoms with E-state index in [4.69, 9.17) is 16.3 Å². The van der Waals surface area contributed by atoms with Crippen LogP contribution in [-0.4, -0.2) is 18.1 Å². The van der Waals surface area contributed by atoms with E-state index >= 15 is 0 Å². The summed E-state index contributed by atoms with van der Waals surface area (Å²) >= 11 is 5.83. The molecular weight excluding hydrogens is 172 g/mol. The highest BCUT2D eigenvalue weighted by molar-refractivity contribution is 6.18. The Bertz CT molecular complexity index is 123. The molecule has 1 fully saturated rings. The Hall–Kier alpha value is 0.250. The second-order valence-electron chi connectivity index (χ2n) is 3.81. The van der Waals surface area contributed by atoms with Crippen LogP contribution in [0, 0.1) is 5.92 Å². The maximum Gasteiger partial charge on any atom is 0.0582 e. The van der Waals surface area contributed by atoms with Gasteiger partial charge >= 0.3 is 0 Å².